The van der Waals surface area contributed by atoms with Crippen LogP contribution in [-0.4, -0.2) is 24.7 Å². The molecule has 0 radical (unpaired) electrons. The number of aromatic nitrogens is 2. The fraction of sp³-hybridized carbons (Fsp3) is 0.500. The van der Waals surface area contributed by atoms with Crippen molar-refractivity contribution in [1.29, 1.82) is 0 Å². The van der Waals surface area contributed by atoms with Crippen LogP contribution in [0.25, 0.3) is 0 Å². The molecule has 0 aliphatic carbocycles. The van der Waals surface area contributed by atoms with Gasteiger partial charge in [-0.05, 0) is 12.8 Å². The van der Waals surface area contributed by atoms with Crippen molar-refractivity contribution in [1.82, 2.24) is 14.5 Å². The maximum absolute atomic E-state index is 11.9. The topological polar surface area (TPSA) is 64.0 Å². The van der Waals surface area contributed by atoms with Gasteiger partial charge in [-0.15, -0.1) is 12.3 Å². The van der Waals surface area contributed by atoms with Crippen LogP contribution < -0.4 is 4.72 Å². The molecule has 0 bridgehead atoms. The van der Waals surface area contributed by atoms with Crippen molar-refractivity contribution < 1.29 is 8.42 Å². The summed E-state index contributed by atoms with van der Waals surface area (Å²) in [5.74, 6) is 2.50. The highest BCUT2D eigenvalue weighted by atomic mass is 35.5. The molecule has 5 nitrogen and oxygen atoms in total. The molecule has 0 fully saturated rings. The minimum atomic E-state index is -3.60. The Labute approximate surface area is 106 Å². The van der Waals surface area contributed by atoms with E-state index in [9.17, 15) is 8.42 Å². The number of halogens is 1. The van der Waals surface area contributed by atoms with Crippen molar-refractivity contribution >= 4 is 21.6 Å². The number of nitrogens with zero attached hydrogens (tertiary/aromatic N) is 2. The van der Waals surface area contributed by atoms with Gasteiger partial charge in [0.1, 0.15) is 0 Å². The number of sulfonamides is 1. The van der Waals surface area contributed by atoms with E-state index in [-0.39, 0.29) is 10.0 Å². The van der Waals surface area contributed by atoms with E-state index in [1.165, 1.54) is 17.9 Å². The molecule has 0 spiro atoms. The molecule has 17 heavy (non-hydrogen) atoms. The molecule has 0 aliphatic heterocycles. The fourth-order valence-electron chi connectivity index (χ4n) is 1.33. The Balaban J connectivity index is 2.62. The van der Waals surface area contributed by atoms with E-state index in [4.69, 9.17) is 18.0 Å². The number of hydrogen-bond donors (Lipinski definition) is 1. The van der Waals surface area contributed by atoms with Gasteiger partial charge in [0.15, 0.2) is 5.03 Å². The van der Waals surface area contributed by atoms with E-state index in [0.717, 1.165) is 6.42 Å². The molecule has 0 unspecified atom stereocenters. The number of aryl methyl sites for hydroxylation is 1. The molecule has 0 saturated heterocycles. The second-order valence-electron chi connectivity index (χ2n) is 3.48. The van der Waals surface area contributed by atoms with Crippen molar-refractivity contribution in [2.75, 3.05) is 6.54 Å². The van der Waals surface area contributed by atoms with Crippen molar-refractivity contribution in [2.45, 2.75) is 24.3 Å². The van der Waals surface area contributed by atoms with Gasteiger partial charge in [-0.2, -0.15) is 5.10 Å². The van der Waals surface area contributed by atoms with Gasteiger partial charge in [0.05, 0.1) is 11.2 Å². The largest absolute Gasteiger partial charge is 0.259 e. The van der Waals surface area contributed by atoms with Gasteiger partial charge in [0, 0.05) is 20.0 Å². The Kier molecular flexibility index (Phi) is 5.00. The summed E-state index contributed by atoms with van der Waals surface area (Å²) in [7, 11) is -2.07. The molecule has 0 atom stereocenters. The molecular weight excluding hydrogens is 262 g/mol. The number of nitrogens with one attached hydrogen (secondary N) is 1. The summed E-state index contributed by atoms with van der Waals surface area (Å²) in [6.45, 7) is 0.339. The maximum Gasteiger partial charge on any atom is 0.259 e. The van der Waals surface area contributed by atoms with Gasteiger partial charge in [0.2, 0.25) is 0 Å². The van der Waals surface area contributed by atoms with Gasteiger partial charge >= 0.3 is 0 Å². The van der Waals surface area contributed by atoms with Gasteiger partial charge in [-0.3, -0.25) is 4.68 Å². The first-order valence-corrected chi connectivity index (χ1v) is 6.96. The molecule has 0 aliphatic rings. The Hall–Kier alpha value is -1.03. The average molecular weight is 276 g/mol. The molecular formula is C10H14ClN3O2S. The van der Waals surface area contributed by atoms with Gasteiger partial charge in [-0.25, -0.2) is 13.1 Å². The van der Waals surface area contributed by atoms with Gasteiger partial charge in [0.25, 0.3) is 10.0 Å². The lowest BCUT2D eigenvalue weighted by molar-refractivity contribution is 0.560. The third kappa shape index (κ3) is 3.73. The van der Waals surface area contributed by atoms with Crippen LogP contribution in [0.5, 0.6) is 0 Å². The molecule has 1 heterocycles. The third-order valence-electron chi connectivity index (χ3n) is 2.14. The normalized spacial score (nSPS) is 11.4. The minimum Gasteiger partial charge on any atom is -0.255 e. The highest BCUT2D eigenvalue weighted by Crippen LogP contribution is 2.19. The summed E-state index contributed by atoms with van der Waals surface area (Å²) in [6, 6.07) is 0. The van der Waals surface area contributed by atoms with E-state index in [1.807, 2.05) is 0 Å². The number of terminal acetylenes is 1. The quantitative estimate of drug-likeness (QED) is 0.626. The Morgan fingerprint density at radius 1 is 1.59 bits per heavy atom. The molecule has 1 aromatic rings. The molecule has 0 amide bonds. The van der Waals surface area contributed by atoms with Crippen LogP contribution in [0.2, 0.25) is 5.02 Å². The number of unbranched alkanes of at least 4 members (excludes halogenated alkanes) is 2. The van der Waals surface area contributed by atoms with Crippen LogP contribution in [0.1, 0.15) is 19.3 Å². The third-order valence-corrected chi connectivity index (χ3v) is 4.10. The minimum absolute atomic E-state index is 0.0175. The summed E-state index contributed by atoms with van der Waals surface area (Å²) in [5.41, 5.74) is 0. The van der Waals surface area contributed by atoms with E-state index in [0.29, 0.717) is 19.4 Å². The van der Waals surface area contributed by atoms with E-state index >= 15 is 0 Å². The second kappa shape index (κ2) is 6.05. The Bertz CT molecular complexity index is 497. The summed E-state index contributed by atoms with van der Waals surface area (Å²) < 4.78 is 27.4. The zero-order valence-electron chi connectivity index (χ0n) is 9.48. The molecule has 7 heteroatoms. The molecule has 94 valence electrons. The zero-order chi connectivity index (χ0) is 12.9. The first-order valence-electron chi connectivity index (χ1n) is 5.09. The van der Waals surface area contributed by atoms with Crippen LogP contribution in [0.4, 0.5) is 0 Å². The van der Waals surface area contributed by atoms with Crippen LogP contribution in [-0.2, 0) is 17.1 Å². The monoisotopic (exact) mass is 275 g/mol. The Morgan fingerprint density at radius 2 is 2.29 bits per heavy atom. The van der Waals surface area contributed by atoms with E-state index in [1.54, 1.807) is 0 Å². The first kappa shape index (κ1) is 14.0. The van der Waals surface area contributed by atoms with Crippen LogP contribution in [0.15, 0.2) is 11.2 Å². The predicted molar refractivity (Wildman–Crippen MR) is 66.1 cm³/mol. The summed E-state index contributed by atoms with van der Waals surface area (Å²) in [6.07, 6.45) is 8.53. The summed E-state index contributed by atoms with van der Waals surface area (Å²) in [4.78, 5) is 0. The summed E-state index contributed by atoms with van der Waals surface area (Å²) >= 11 is 5.76. The Morgan fingerprint density at radius 3 is 2.82 bits per heavy atom. The lowest BCUT2D eigenvalue weighted by Gasteiger charge is -2.06. The van der Waals surface area contributed by atoms with Crippen molar-refractivity contribution in [3.05, 3.63) is 11.2 Å². The number of rotatable bonds is 6. The highest BCUT2D eigenvalue weighted by molar-refractivity contribution is 7.89. The molecule has 1 rings (SSSR count). The van der Waals surface area contributed by atoms with E-state index in [2.05, 4.69) is 15.7 Å². The first-order chi connectivity index (χ1) is 7.99. The highest BCUT2D eigenvalue weighted by Gasteiger charge is 2.21. The SMILES string of the molecule is C#CCCCCNS(=O)(=O)c1c(Cl)cnn1C. The average Bonchev–Trinajstić information content (AvgIpc) is 2.58. The van der Waals surface area contributed by atoms with Gasteiger partial charge in [-0.1, -0.05) is 11.6 Å². The second-order valence-corrected chi connectivity index (χ2v) is 5.57. The van der Waals surface area contributed by atoms with Crippen molar-refractivity contribution in [3.63, 3.8) is 0 Å². The fourth-order valence-corrected chi connectivity index (χ4v) is 3.05. The van der Waals surface area contributed by atoms with Crippen molar-refractivity contribution in [2.24, 2.45) is 7.05 Å². The smallest absolute Gasteiger partial charge is 0.255 e. The van der Waals surface area contributed by atoms with Crippen molar-refractivity contribution in [3.8, 4) is 12.3 Å². The predicted octanol–water partition coefficient (Wildman–Crippen LogP) is 1.16. The standard InChI is InChI=1S/C10H14ClN3O2S/c1-3-4-5-6-7-13-17(15,16)10-9(11)8-12-14(10)2/h1,8,13H,4-7H2,2H3. The van der Waals surface area contributed by atoms with E-state index < -0.39 is 10.0 Å². The molecule has 0 aromatic carbocycles. The zero-order valence-corrected chi connectivity index (χ0v) is 11.1. The van der Waals surface area contributed by atoms with Gasteiger partial charge < -0.3 is 0 Å². The molecule has 1 N–H and O–H groups in total. The molecule has 0 saturated carbocycles. The lowest BCUT2D eigenvalue weighted by atomic mass is 10.2. The van der Waals surface area contributed by atoms with Crippen LogP contribution in [0.3, 0.4) is 0 Å². The summed E-state index contributed by atoms with van der Waals surface area (Å²) in [5, 5.41) is 3.88. The lowest BCUT2D eigenvalue weighted by Crippen LogP contribution is -2.27. The maximum atomic E-state index is 11.9. The number of hydrogen-bond acceptors (Lipinski definition) is 3. The van der Waals surface area contributed by atoms with Crippen LogP contribution >= 0.6 is 11.6 Å². The van der Waals surface area contributed by atoms with Crippen LogP contribution in [0, 0.1) is 12.3 Å². The molecule has 1 aromatic heterocycles.